The normalized spacial score (nSPS) is 30.4. The van der Waals surface area contributed by atoms with Crippen LogP contribution < -0.4 is 10.5 Å². The molecule has 1 aromatic heterocycles. The molecule has 32 heavy (non-hydrogen) atoms. The number of alkyl halides is 2. The fourth-order valence-corrected chi connectivity index (χ4v) is 5.47. The number of pyridine rings is 1. The summed E-state index contributed by atoms with van der Waals surface area (Å²) in [5.74, 6) is 2.14. The maximum atomic E-state index is 12.6. The monoisotopic (exact) mass is 447 g/mol. The van der Waals surface area contributed by atoms with Gasteiger partial charge in [0.25, 0.3) is 0 Å². The van der Waals surface area contributed by atoms with Gasteiger partial charge in [0.2, 0.25) is 0 Å². The third kappa shape index (κ3) is 4.78. The second kappa shape index (κ2) is 9.02. The van der Waals surface area contributed by atoms with Crippen molar-refractivity contribution in [2.24, 2.45) is 28.7 Å². The summed E-state index contributed by atoms with van der Waals surface area (Å²) < 4.78 is 35.2. The zero-order chi connectivity index (χ0) is 22.2. The highest BCUT2D eigenvalue weighted by Gasteiger charge is 2.58. The molecule has 0 bridgehead atoms. The van der Waals surface area contributed by atoms with E-state index >= 15 is 0 Å². The molecule has 174 valence electrons. The van der Waals surface area contributed by atoms with E-state index in [2.05, 4.69) is 14.6 Å². The molecule has 3 N–H and O–H groups in total. The number of nitrogens with one attached hydrogen (secondary N) is 1. The lowest BCUT2D eigenvalue weighted by atomic mass is 9.97. The van der Waals surface area contributed by atoms with Crippen molar-refractivity contribution >= 4 is 17.2 Å². The average molecular weight is 448 g/mol. The zero-order valence-electron chi connectivity index (χ0n) is 18.2. The lowest BCUT2D eigenvalue weighted by Gasteiger charge is -2.33. The second-order valence-electron chi connectivity index (χ2n) is 9.54. The number of anilines is 1. The summed E-state index contributed by atoms with van der Waals surface area (Å²) in [4.78, 5) is 11.5. The molecular formula is C23H31F2N5O2. The van der Waals surface area contributed by atoms with E-state index in [1.165, 1.54) is 37.9 Å². The Morgan fingerprint density at radius 3 is 2.66 bits per heavy atom. The Morgan fingerprint density at radius 1 is 1.28 bits per heavy atom. The fraction of sp³-hybridized carbons (Fsp3) is 0.696. The maximum Gasteiger partial charge on any atom is 0.387 e. The van der Waals surface area contributed by atoms with Gasteiger partial charge in [0.1, 0.15) is 0 Å². The predicted molar refractivity (Wildman–Crippen MR) is 118 cm³/mol. The van der Waals surface area contributed by atoms with Gasteiger partial charge in [0.05, 0.1) is 13.2 Å². The quantitative estimate of drug-likeness (QED) is 0.567. The van der Waals surface area contributed by atoms with E-state index in [1.807, 2.05) is 0 Å². The van der Waals surface area contributed by atoms with Crippen LogP contribution in [0.3, 0.4) is 0 Å². The molecule has 0 spiro atoms. The molecule has 3 saturated carbocycles. The fourth-order valence-electron chi connectivity index (χ4n) is 5.47. The number of ether oxygens (including phenoxy) is 2. The number of hydrogen-bond acceptors (Lipinski definition) is 7. The molecule has 5 rings (SSSR count). The van der Waals surface area contributed by atoms with Crippen molar-refractivity contribution in [1.29, 1.82) is 5.41 Å². The standard InChI is InChI=1S/C23H31F2N5O2/c24-23(25)32-20-7-14(12-29-22(20)27)18(26)10-19(28-11-13-1-2-13)21-16-8-15(9-17(16)21)30-3-5-31-6-4-30/h7,12-13,15-17,21,23,26H,1-6,8-11H2,(H2,27,29). The molecule has 2 unspecified atom stereocenters. The Hall–Kier alpha value is -2.13. The molecule has 2 atom stereocenters. The van der Waals surface area contributed by atoms with Crippen LogP contribution in [-0.2, 0) is 4.74 Å². The highest BCUT2D eigenvalue weighted by Crippen LogP contribution is 2.59. The molecule has 0 aromatic carbocycles. The molecule has 4 aliphatic rings. The first-order valence-corrected chi connectivity index (χ1v) is 11.6. The van der Waals surface area contributed by atoms with Gasteiger partial charge in [-0.05, 0) is 49.5 Å². The van der Waals surface area contributed by atoms with Crippen molar-refractivity contribution in [2.75, 3.05) is 38.6 Å². The van der Waals surface area contributed by atoms with Gasteiger partial charge in [0, 0.05) is 61.2 Å². The lowest BCUT2D eigenvalue weighted by Crippen LogP contribution is -2.43. The highest BCUT2D eigenvalue weighted by molar-refractivity contribution is 6.12. The Bertz CT molecular complexity index is 873. The minimum absolute atomic E-state index is 0.102. The van der Waals surface area contributed by atoms with Gasteiger partial charge in [-0.15, -0.1) is 0 Å². The Balaban J connectivity index is 1.25. The van der Waals surface area contributed by atoms with Crippen molar-refractivity contribution < 1.29 is 18.3 Å². The number of hydrogen-bond donors (Lipinski definition) is 2. The Labute approximate surface area is 186 Å². The second-order valence-corrected chi connectivity index (χ2v) is 9.54. The Morgan fingerprint density at radius 2 is 2.00 bits per heavy atom. The van der Waals surface area contributed by atoms with E-state index in [1.54, 1.807) is 0 Å². The van der Waals surface area contributed by atoms with Crippen LogP contribution in [0.25, 0.3) is 0 Å². The van der Waals surface area contributed by atoms with Crippen molar-refractivity contribution in [1.82, 2.24) is 9.88 Å². The molecule has 7 nitrogen and oxygen atoms in total. The van der Waals surface area contributed by atoms with E-state index < -0.39 is 6.61 Å². The third-order valence-electron chi connectivity index (χ3n) is 7.42. The van der Waals surface area contributed by atoms with E-state index in [0.717, 1.165) is 38.6 Å². The van der Waals surface area contributed by atoms with Crippen molar-refractivity contribution in [3.8, 4) is 5.75 Å². The van der Waals surface area contributed by atoms with E-state index in [9.17, 15) is 8.78 Å². The number of rotatable bonds is 9. The number of nitrogens with two attached hydrogens (primary N) is 1. The van der Waals surface area contributed by atoms with Crippen molar-refractivity contribution in [3.05, 3.63) is 17.8 Å². The predicted octanol–water partition coefficient (Wildman–Crippen LogP) is 3.23. The Kier molecular flexibility index (Phi) is 6.11. The number of morpholine rings is 1. The summed E-state index contributed by atoms with van der Waals surface area (Å²) in [6.07, 6.45) is 6.74. The van der Waals surface area contributed by atoms with Crippen LogP contribution in [0.5, 0.6) is 5.75 Å². The van der Waals surface area contributed by atoms with Crippen LogP contribution in [0.4, 0.5) is 14.6 Å². The maximum absolute atomic E-state index is 12.6. The van der Waals surface area contributed by atoms with Gasteiger partial charge in [-0.25, -0.2) is 4.98 Å². The summed E-state index contributed by atoms with van der Waals surface area (Å²) in [7, 11) is 0. The number of fused-ring (bicyclic) bond motifs is 1. The minimum atomic E-state index is -2.98. The van der Waals surface area contributed by atoms with Gasteiger partial charge in [-0.3, -0.25) is 9.89 Å². The molecule has 2 heterocycles. The first kappa shape index (κ1) is 21.7. The number of nitrogens with zero attached hydrogens (tertiary/aromatic N) is 3. The molecule has 1 saturated heterocycles. The average Bonchev–Trinajstić information content (AvgIpc) is 3.69. The summed E-state index contributed by atoms with van der Waals surface area (Å²) >= 11 is 0. The van der Waals surface area contributed by atoms with E-state index in [0.29, 0.717) is 47.4 Å². The van der Waals surface area contributed by atoms with Gasteiger partial charge in [-0.2, -0.15) is 8.78 Å². The van der Waals surface area contributed by atoms with Gasteiger partial charge >= 0.3 is 6.61 Å². The number of nitrogen functional groups attached to an aromatic ring is 1. The van der Waals surface area contributed by atoms with E-state index in [-0.39, 0.29) is 11.6 Å². The van der Waals surface area contributed by atoms with Gasteiger partial charge < -0.3 is 20.6 Å². The molecule has 4 fully saturated rings. The lowest BCUT2D eigenvalue weighted by molar-refractivity contribution is -0.0495. The third-order valence-corrected chi connectivity index (χ3v) is 7.42. The smallest absolute Gasteiger partial charge is 0.387 e. The van der Waals surface area contributed by atoms with Crippen LogP contribution in [0.1, 0.15) is 37.7 Å². The summed E-state index contributed by atoms with van der Waals surface area (Å²) in [6.45, 7) is 1.56. The van der Waals surface area contributed by atoms with Crippen LogP contribution in [0, 0.1) is 29.1 Å². The van der Waals surface area contributed by atoms with Crippen molar-refractivity contribution in [3.63, 3.8) is 0 Å². The molecule has 0 amide bonds. The topological polar surface area (TPSA) is 96.8 Å². The largest absolute Gasteiger partial charge is 0.431 e. The first-order chi connectivity index (χ1) is 15.5. The number of aliphatic imine (C=N–C) groups is 1. The van der Waals surface area contributed by atoms with Crippen LogP contribution in [0.2, 0.25) is 0 Å². The SMILES string of the molecule is N=C(CC(=NCC1CC1)C1C2CC(N3CCOCC3)CC21)c1cnc(N)c(OC(F)F)c1. The van der Waals surface area contributed by atoms with Crippen LogP contribution in [-0.4, -0.2) is 66.8 Å². The van der Waals surface area contributed by atoms with Crippen LogP contribution in [0.15, 0.2) is 17.3 Å². The molecule has 9 heteroatoms. The minimum Gasteiger partial charge on any atom is -0.431 e. The number of aromatic nitrogens is 1. The molecular weight excluding hydrogens is 416 g/mol. The molecule has 3 aliphatic carbocycles. The van der Waals surface area contributed by atoms with Crippen LogP contribution >= 0.6 is 0 Å². The number of halogens is 2. The zero-order valence-corrected chi connectivity index (χ0v) is 18.2. The molecule has 1 aliphatic heterocycles. The van der Waals surface area contributed by atoms with E-state index in [4.69, 9.17) is 20.9 Å². The molecule has 0 radical (unpaired) electrons. The van der Waals surface area contributed by atoms with Gasteiger partial charge in [-0.1, -0.05) is 0 Å². The summed E-state index contributed by atoms with van der Waals surface area (Å²) in [6, 6.07) is 2.03. The summed E-state index contributed by atoms with van der Waals surface area (Å²) in [5.41, 5.74) is 7.52. The summed E-state index contributed by atoms with van der Waals surface area (Å²) in [5, 5.41) is 8.61. The molecule has 1 aromatic rings. The van der Waals surface area contributed by atoms with Crippen molar-refractivity contribution in [2.45, 2.75) is 44.8 Å². The highest BCUT2D eigenvalue weighted by atomic mass is 19.3. The first-order valence-electron chi connectivity index (χ1n) is 11.6. The van der Waals surface area contributed by atoms with Gasteiger partial charge in [0.15, 0.2) is 11.6 Å².